The number of nitrogen functional groups attached to an aromatic ring is 1. The molecular formula is C15H20N4O2. The monoisotopic (exact) mass is 288 g/mol. The number of benzene rings is 1. The van der Waals surface area contributed by atoms with E-state index in [-0.39, 0.29) is 11.8 Å². The molecule has 2 rings (SSSR count). The summed E-state index contributed by atoms with van der Waals surface area (Å²) in [6, 6.07) is 7.35. The zero-order valence-electron chi connectivity index (χ0n) is 12.2. The maximum atomic E-state index is 12.2. The predicted molar refractivity (Wildman–Crippen MR) is 82.0 cm³/mol. The Morgan fingerprint density at radius 2 is 2.33 bits per heavy atom. The first-order valence-corrected chi connectivity index (χ1v) is 6.78. The number of carbonyl (C=O) groups excluding carboxylic acids is 1. The van der Waals surface area contributed by atoms with Gasteiger partial charge >= 0.3 is 0 Å². The normalized spacial score (nSPS) is 12.1. The summed E-state index contributed by atoms with van der Waals surface area (Å²) in [5, 5.41) is 7.01. The number of methoxy groups -OCH3 is 1. The van der Waals surface area contributed by atoms with Gasteiger partial charge in [0.25, 0.3) is 0 Å². The van der Waals surface area contributed by atoms with Crippen molar-refractivity contribution in [3.05, 3.63) is 42.2 Å². The van der Waals surface area contributed by atoms with Gasteiger partial charge in [-0.05, 0) is 24.6 Å². The molecule has 0 aliphatic carbocycles. The van der Waals surface area contributed by atoms with Gasteiger partial charge in [-0.1, -0.05) is 12.1 Å². The Hall–Kier alpha value is -2.34. The zero-order chi connectivity index (χ0) is 15.2. The fraction of sp³-hybridized carbons (Fsp3) is 0.333. The third-order valence-electron chi connectivity index (χ3n) is 3.23. The topological polar surface area (TPSA) is 82.2 Å². The highest BCUT2D eigenvalue weighted by atomic mass is 16.5. The smallest absolute Gasteiger partial charge is 0.231 e. The molecule has 1 aromatic carbocycles. The molecule has 0 spiro atoms. The average Bonchev–Trinajstić information content (AvgIpc) is 2.91. The van der Waals surface area contributed by atoms with Gasteiger partial charge in [-0.2, -0.15) is 5.10 Å². The SMILES string of the molecule is COCCn1cc(NC(=O)C(C)c2cccc(N)c2)cn1. The molecule has 1 amide bonds. The number of nitrogens with one attached hydrogen (secondary N) is 1. The number of carbonyl (C=O) groups is 1. The second kappa shape index (κ2) is 6.90. The molecular weight excluding hydrogens is 268 g/mol. The molecule has 0 aliphatic rings. The van der Waals surface area contributed by atoms with Crippen molar-refractivity contribution in [2.75, 3.05) is 24.8 Å². The van der Waals surface area contributed by atoms with Gasteiger partial charge in [-0.25, -0.2) is 0 Å². The number of hydrogen-bond acceptors (Lipinski definition) is 4. The van der Waals surface area contributed by atoms with E-state index in [2.05, 4.69) is 10.4 Å². The summed E-state index contributed by atoms with van der Waals surface area (Å²) < 4.78 is 6.71. The standard InChI is InChI=1S/C15H20N4O2/c1-11(12-4-3-5-13(16)8-12)15(20)18-14-9-17-19(10-14)6-7-21-2/h3-5,8-11H,6-7,16H2,1-2H3,(H,18,20). The average molecular weight is 288 g/mol. The lowest BCUT2D eigenvalue weighted by Gasteiger charge is -2.12. The number of aromatic nitrogens is 2. The molecule has 1 atom stereocenters. The maximum absolute atomic E-state index is 12.2. The Morgan fingerprint density at radius 3 is 3.05 bits per heavy atom. The highest BCUT2D eigenvalue weighted by molar-refractivity contribution is 5.95. The Balaban J connectivity index is 1.99. The maximum Gasteiger partial charge on any atom is 0.231 e. The number of anilines is 2. The highest BCUT2D eigenvalue weighted by Gasteiger charge is 2.16. The molecule has 0 saturated carbocycles. The van der Waals surface area contributed by atoms with Crippen LogP contribution in [0.1, 0.15) is 18.4 Å². The Labute approximate surface area is 123 Å². The molecule has 1 aromatic heterocycles. The van der Waals surface area contributed by atoms with E-state index in [0.717, 1.165) is 5.56 Å². The van der Waals surface area contributed by atoms with E-state index in [0.29, 0.717) is 24.5 Å². The van der Waals surface area contributed by atoms with E-state index in [1.807, 2.05) is 25.1 Å². The minimum Gasteiger partial charge on any atom is -0.399 e. The first kappa shape index (κ1) is 15.1. The summed E-state index contributed by atoms with van der Waals surface area (Å²) in [5.41, 5.74) is 7.96. The van der Waals surface area contributed by atoms with Crippen molar-refractivity contribution in [3.8, 4) is 0 Å². The van der Waals surface area contributed by atoms with Crippen LogP contribution in [-0.2, 0) is 16.1 Å². The first-order chi connectivity index (χ1) is 10.1. The molecule has 3 N–H and O–H groups in total. The van der Waals surface area contributed by atoms with E-state index < -0.39 is 0 Å². The largest absolute Gasteiger partial charge is 0.399 e. The lowest BCUT2D eigenvalue weighted by molar-refractivity contribution is -0.117. The van der Waals surface area contributed by atoms with E-state index in [1.54, 1.807) is 30.3 Å². The van der Waals surface area contributed by atoms with Crippen LogP contribution < -0.4 is 11.1 Å². The lowest BCUT2D eigenvalue weighted by atomic mass is 10.00. The van der Waals surface area contributed by atoms with Crippen LogP contribution >= 0.6 is 0 Å². The zero-order valence-corrected chi connectivity index (χ0v) is 12.2. The van der Waals surface area contributed by atoms with Gasteiger partial charge in [0.15, 0.2) is 0 Å². The van der Waals surface area contributed by atoms with Crippen molar-refractivity contribution >= 4 is 17.3 Å². The van der Waals surface area contributed by atoms with Gasteiger partial charge in [-0.3, -0.25) is 9.48 Å². The summed E-state index contributed by atoms with van der Waals surface area (Å²) in [6.45, 7) is 3.07. The molecule has 1 unspecified atom stereocenters. The molecule has 0 aliphatic heterocycles. The van der Waals surface area contributed by atoms with Crippen LogP contribution in [0, 0.1) is 0 Å². The van der Waals surface area contributed by atoms with Crippen LogP contribution in [0.3, 0.4) is 0 Å². The third kappa shape index (κ3) is 4.06. The number of hydrogen-bond donors (Lipinski definition) is 2. The van der Waals surface area contributed by atoms with Crippen LogP contribution in [-0.4, -0.2) is 29.4 Å². The quantitative estimate of drug-likeness (QED) is 0.795. The minimum absolute atomic E-state index is 0.0908. The van der Waals surface area contributed by atoms with E-state index in [1.165, 1.54) is 0 Å². The summed E-state index contributed by atoms with van der Waals surface area (Å²) in [4.78, 5) is 12.2. The third-order valence-corrected chi connectivity index (χ3v) is 3.23. The molecule has 6 heteroatoms. The molecule has 1 heterocycles. The molecule has 112 valence electrons. The van der Waals surface area contributed by atoms with Crippen LogP contribution in [0.2, 0.25) is 0 Å². The van der Waals surface area contributed by atoms with Gasteiger partial charge in [0, 0.05) is 19.0 Å². The fourth-order valence-electron chi connectivity index (χ4n) is 1.97. The van der Waals surface area contributed by atoms with Crippen LogP contribution in [0.4, 0.5) is 11.4 Å². The van der Waals surface area contributed by atoms with Gasteiger partial charge in [0.05, 0.1) is 31.0 Å². The minimum atomic E-state index is -0.282. The molecule has 0 saturated heterocycles. The summed E-state index contributed by atoms with van der Waals surface area (Å²) >= 11 is 0. The molecule has 0 radical (unpaired) electrons. The van der Waals surface area contributed by atoms with E-state index in [4.69, 9.17) is 10.5 Å². The summed E-state index contributed by atoms with van der Waals surface area (Å²) in [7, 11) is 1.64. The van der Waals surface area contributed by atoms with Crippen molar-refractivity contribution < 1.29 is 9.53 Å². The molecule has 0 bridgehead atoms. The van der Waals surface area contributed by atoms with E-state index in [9.17, 15) is 4.79 Å². The first-order valence-electron chi connectivity index (χ1n) is 6.78. The Bertz CT molecular complexity index is 609. The van der Waals surface area contributed by atoms with Crippen molar-refractivity contribution in [1.82, 2.24) is 9.78 Å². The van der Waals surface area contributed by atoms with Gasteiger partial charge in [-0.15, -0.1) is 0 Å². The number of amides is 1. The Kier molecular flexibility index (Phi) is 4.94. The number of nitrogens with two attached hydrogens (primary N) is 1. The lowest BCUT2D eigenvalue weighted by Crippen LogP contribution is -2.18. The van der Waals surface area contributed by atoms with Crippen LogP contribution in [0.15, 0.2) is 36.7 Å². The van der Waals surface area contributed by atoms with Gasteiger partial charge in [0.1, 0.15) is 0 Å². The van der Waals surface area contributed by atoms with Gasteiger partial charge in [0.2, 0.25) is 5.91 Å². The highest BCUT2D eigenvalue weighted by Crippen LogP contribution is 2.19. The number of nitrogens with zero attached hydrogens (tertiary/aromatic N) is 2. The second-order valence-corrected chi connectivity index (χ2v) is 4.87. The fourth-order valence-corrected chi connectivity index (χ4v) is 1.97. The van der Waals surface area contributed by atoms with Crippen LogP contribution in [0.25, 0.3) is 0 Å². The molecule has 2 aromatic rings. The summed E-state index contributed by atoms with van der Waals surface area (Å²) in [6.07, 6.45) is 3.41. The van der Waals surface area contributed by atoms with Crippen molar-refractivity contribution in [2.45, 2.75) is 19.4 Å². The van der Waals surface area contributed by atoms with Crippen molar-refractivity contribution in [1.29, 1.82) is 0 Å². The molecule has 6 nitrogen and oxygen atoms in total. The van der Waals surface area contributed by atoms with E-state index >= 15 is 0 Å². The van der Waals surface area contributed by atoms with Crippen LogP contribution in [0.5, 0.6) is 0 Å². The number of rotatable bonds is 6. The Morgan fingerprint density at radius 1 is 1.52 bits per heavy atom. The van der Waals surface area contributed by atoms with Gasteiger partial charge < -0.3 is 15.8 Å². The molecule has 0 fully saturated rings. The second-order valence-electron chi connectivity index (χ2n) is 4.87. The van der Waals surface area contributed by atoms with Crippen molar-refractivity contribution in [3.63, 3.8) is 0 Å². The summed E-state index contributed by atoms with van der Waals surface area (Å²) in [5.74, 6) is -0.372. The molecule has 21 heavy (non-hydrogen) atoms. The van der Waals surface area contributed by atoms with Crippen molar-refractivity contribution in [2.24, 2.45) is 0 Å². The number of ether oxygens (including phenoxy) is 1. The predicted octanol–water partition coefficient (Wildman–Crippen LogP) is 1.85.